The maximum Gasteiger partial charge on any atom is 0.243 e. The summed E-state index contributed by atoms with van der Waals surface area (Å²) < 4.78 is 0. The first-order chi connectivity index (χ1) is 12.5. The van der Waals surface area contributed by atoms with Gasteiger partial charge >= 0.3 is 0 Å². The van der Waals surface area contributed by atoms with Crippen LogP contribution in [0.2, 0.25) is 0 Å². The first-order valence-electron chi connectivity index (χ1n) is 8.39. The summed E-state index contributed by atoms with van der Waals surface area (Å²) in [6.45, 7) is 2.55. The van der Waals surface area contributed by atoms with Gasteiger partial charge in [0, 0.05) is 31.9 Å². The molecule has 3 aromatic rings. The van der Waals surface area contributed by atoms with Crippen LogP contribution in [0.3, 0.4) is 0 Å². The molecule has 7 nitrogen and oxygen atoms in total. The molecule has 0 radical (unpaired) electrons. The van der Waals surface area contributed by atoms with Gasteiger partial charge in [0.2, 0.25) is 11.7 Å². The fourth-order valence-electron chi connectivity index (χ4n) is 2.43. The van der Waals surface area contributed by atoms with Crippen molar-refractivity contribution in [1.82, 2.24) is 25.5 Å². The van der Waals surface area contributed by atoms with Crippen LogP contribution >= 0.6 is 0 Å². The third-order valence-corrected chi connectivity index (χ3v) is 3.99. The van der Waals surface area contributed by atoms with Crippen molar-refractivity contribution in [3.63, 3.8) is 0 Å². The van der Waals surface area contributed by atoms with E-state index < -0.39 is 0 Å². The van der Waals surface area contributed by atoms with Crippen molar-refractivity contribution < 1.29 is 4.79 Å². The molecule has 0 spiro atoms. The van der Waals surface area contributed by atoms with Crippen LogP contribution in [-0.4, -0.2) is 40.2 Å². The SMILES string of the molecule is Cc1ccc(CNC(=O)Cn2nnc(-c3ccc(N(C)C)cc3)n2)cc1. The lowest BCUT2D eigenvalue weighted by Crippen LogP contribution is -2.28. The molecule has 0 aliphatic carbocycles. The lowest BCUT2D eigenvalue weighted by molar-refractivity contribution is -0.122. The van der Waals surface area contributed by atoms with Crippen molar-refractivity contribution in [2.75, 3.05) is 19.0 Å². The number of amides is 1. The number of nitrogens with zero attached hydrogens (tertiary/aromatic N) is 5. The quantitative estimate of drug-likeness (QED) is 0.736. The summed E-state index contributed by atoms with van der Waals surface area (Å²) >= 11 is 0. The van der Waals surface area contributed by atoms with Crippen molar-refractivity contribution in [2.45, 2.75) is 20.0 Å². The minimum atomic E-state index is -0.155. The van der Waals surface area contributed by atoms with E-state index in [-0.39, 0.29) is 12.5 Å². The molecular formula is C19H22N6O. The van der Waals surface area contributed by atoms with Gasteiger partial charge in [-0.3, -0.25) is 4.79 Å². The maximum absolute atomic E-state index is 12.1. The molecule has 1 N–H and O–H groups in total. The molecule has 2 aromatic carbocycles. The summed E-state index contributed by atoms with van der Waals surface area (Å²) in [6.07, 6.45) is 0. The van der Waals surface area contributed by atoms with E-state index >= 15 is 0 Å². The summed E-state index contributed by atoms with van der Waals surface area (Å²) in [5, 5.41) is 15.1. The molecule has 3 rings (SSSR count). The molecule has 26 heavy (non-hydrogen) atoms. The van der Waals surface area contributed by atoms with Crippen molar-refractivity contribution in [1.29, 1.82) is 0 Å². The number of anilines is 1. The van der Waals surface area contributed by atoms with E-state index in [1.807, 2.05) is 74.4 Å². The number of hydrogen-bond acceptors (Lipinski definition) is 5. The van der Waals surface area contributed by atoms with Crippen LogP contribution in [0.4, 0.5) is 5.69 Å². The topological polar surface area (TPSA) is 75.9 Å². The number of rotatable bonds is 6. The van der Waals surface area contributed by atoms with Crippen LogP contribution in [0.25, 0.3) is 11.4 Å². The molecule has 0 aliphatic heterocycles. The van der Waals surface area contributed by atoms with E-state index in [2.05, 4.69) is 20.7 Å². The highest BCUT2D eigenvalue weighted by Gasteiger charge is 2.09. The third kappa shape index (κ3) is 4.44. The number of tetrazole rings is 1. The van der Waals surface area contributed by atoms with Gasteiger partial charge in [-0.15, -0.1) is 10.2 Å². The van der Waals surface area contributed by atoms with Gasteiger partial charge in [-0.05, 0) is 42.0 Å². The van der Waals surface area contributed by atoms with Gasteiger partial charge in [0.1, 0.15) is 6.54 Å². The van der Waals surface area contributed by atoms with Crippen molar-refractivity contribution in [3.8, 4) is 11.4 Å². The van der Waals surface area contributed by atoms with Gasteiger partial charge in [0.05, 0.1) is 0 Å². The van der Waals surface area contributed by atoms with Gasteiger partial charge in [0.15, 0.2) is 0 Å². The first-order valence-corrected chi connectivity index (χ1v) is 8.39. The average molecular weight is 350 g/mol. The molecule has 7 heteroatoms. The Morgan fingerprint density at radius 3 is 2.42 bits per heavy atom. The summed E-state index contributed by atoms with van der Waals surface area (Å²) in [5.74, 6) is 0.346. The maximum atomic E-state index is 12.1. The van der Waals surface area contributed by atoms with Crippen LogP contribution in [0.1, 0.15) is 11.1 Å². The summed E-state index contributed by atoms with van der Waals surface area (Å²) in [7, 11) is 3.97. The number of carbonyl (C=O) groups is 1. The average Bonchev–Trinajstić information content (AvgIpc) is 3.10. The van der Waals surface area contributed by atoms with E-state index in [1.54, 1.807) is 0 Å². The monoisotopic (exact) mass is 350 g/mol. The fourth-order valence-corrected chi connectivity index (χ4v) is 2.43. The molecule has 134 valence electrons. The lowest BCUT2D eigenvalue weighted by Gasteiger charge is -2.11. The van der Waals surface area contributed by atoms with Crippen molar-refractivity contribution >= 4 is 11.6 Å². The molecule has 0 saturated heterocycles. The number of aromatic nitrogens is 4. The Bertz CT molecular complexity index is 868. The molecule has 1 amide bonds. The second-order valence-corrected chi connectivity index (χ2v) is 6.35. The molecular weight excluding hydrogens is 328 g/mol. The lowest BCUT2D eigenvalue weighted by atomic mass is 10.1. The summed E-state index contributed by atoms with van der Waals surface area (Å²) in [4.78, 5) is 15.4. The van der Waals surface area contributed by atoms with E-state index in [0.717, 1.165) is 16.8 Å². The Labute approximate surface area is 152 Å². The number of benzene rings is 2. The van der Waals surface area contributed by atoms with Gasteiger partial charge in [-0.1, -0.05) is 29.8 Å². The van der Waals surface area contributed by atoms with Crippen LogP contribution in [-0.2, 0) is 17.9 Å². The van der Waals surface area contributed by atoms with Crippen molar-refractivity contribution in [2.24, 2.45) is 0 Å². The Hall–Kier alpha value is -3.22. The summed E-state index contributed by atoms with van der Waals surface area (Å²) in [6, 6.07) is 15.9. The Morgan fingerprint density at radius 2 is 1.77 bits per heavy atom. The Morgan fingerprint density at radius 1 is 1.08 bits per heavy atom. The molecule has 0 unspecified atom stereocenters. The molecule has 0 saturated carbocycles. The van der Waals surface area contributed by atoms with Crippen molar-refractivity contribution in [3.05, 3.63) is 59.7 Å². The van der Waals surface area contributed by atoms with Crippen LogP contribution < -0.4 is 10.2 Å². The number of carbonyl (C=O) groups excluding carboxylic acids is 1. The van der Waals surface area contributed by atoms with Gasteiger partial charge in [0.25, 0.3) is 0 Å². The molecule has 1 aromatic heterocycles. The second kappa shape index (κ2) is 7.77. The van der Waals surface area contributed by atoms with Gasteiger partial charge in [-0.2, -0.15) is 4.80 Å². The Kier molecular flexibility index (Phi) is 5.26. The van der Waals surface area contributed by atoms with E-state index in [9.17, 15) is 4.79 Å². The summed E-state index contributed by atoms with van der Waals surface area (Å²) in [5.41, 5.74) is 4.20. The smallest absolute Gasteiger partial charge is 0.243 e. The van der Waals surface area contributed by atoms with Crippen LogP contribution in [0.5, 0.6) is 0 Å². The highest BCUT2D eigenvalue weighted by Crippen LogP contribution is 2.18. The standard InChI is InChI=1S/C19H22N6O/c1-14-4-6-15(7-5-14)12-20-18(26)13-25-22-19(21-23-25)16-8-10-17(11-9-16)24(2)3/h4-11H,12-13H2,1-3H3,(H,20,26). The fraction of sp³-hybridized carbons (Fsp3) is 0.263. The normalized spacial score (nSPS) is 10.6. The minimum Gasteiger partial charge on any atom is -0.378 e. The predicted octanol–water partition coefficient (Wildman–Crippen LogP) is 2.03. The second-order valence-electron chi connectivity index (χ2n) is 6.35. The van der Waals surface area contributed by atoms with E-state index in [4.69, 9.17) is 0 Å². The minimum absolute atomic E-state index is 0.0364. The molecule has 0 bridgehead atoms. The predicted molar refractivity (Wildman–Crippen MR) is 101 cm³/mol. The third-order valence-electron chi connectivity index (χ3n) is 3.99. The zero-order valence-corrected chi connectivity index (χ0v) is 15.2. The van der Waals surface area contributed by atoms with E-state index in [0.29, 0.717) is 12.4 Å². The molecule has 1 heterocycles. The Balaban J connectivity index is 1.57. The van der Waals surface area contributed by atoms with Gasteiger partial charge in [-0.25, -0.2) is 0 Å². The number of aryl methyl sites for hydroxylation is 1. The van der Waals surface area contributed by atoms with E-state index in [1.165, 1.54) is 10.4 Å². The van der Waals surface area contributed by atoms with Crippen LogP contribution in [0.15, 0.2) is 48.5 Å². The molecule has 0 aliphatic rings. The molecule has 0 atom stereocenters. The van der Waals surface area contributed by atoms with Crippen LogP contribution in [0, 0.1) is 6.92 Å². The first kappa shape index (κ1) is 17.6. The molecule has 0 fully saturated rings. The zero-order valence-electron chi connectivity index (χ0n) is 15.2. The zero-order chi connectivity index (χ0) is 18.5. The highest BCUT2D eigenvalue weighted by molar-refractivity contribution is 5.75. The number of nitrogens with one attached hydrogen (secondary N) is 1. The highest BCUT2D eigenvalue weighted by atomic mass is 16.2. The largest absolute Gasteiger partial charge is 0.378 e. The van der Waals surface area contributed by atoms with Gasteiger partial charge < -0.3 is 10.2 Å². The number of hydrogen-bond donors (Lipinski definition) is 1.